The van der Waals surface area contributed by atoms with Crippen LogP contribution in [-0.4, -0.2) is 35.2 Å². The van der Waals surface area contributed by atoms with E-state index < -0.39 is 11.8 Å². The Kier molecular flexibility index (Phi) is 5.96. The zero-order valence-corrected chi connectivity index (χ0v) is 21.9. The normalized spacial score (nSPS) is 13.5. The predicted octanol–water partition coefficient (Wildman–Crippen LogP) is 4.22. The Labute approximate surface area is 225 Å². The summed E-state index contributed by atoms with van der Waals surface area (Å²) >= 11 is 0. The number of nitrogens with two attached hydrogens (primary N) is 1. The summed E-state index contributed by atoms with van der Waals surface area (Å²) in [5, 5.41) is 4.18. The Morgan fingerprint density at radius 3 is 2.00 bits per heavy atom. The third-order valence-corrected chi connectivity index (χ3v) is 7.33. The Balaban J connectivity index is 1.60. The summed E-state index contributed by atoms with van der Waals surface area (Å²) in [5.74, 6) is 0.475. The van der Waals surface area contributed by atoms with Gasteiger partial charge in [-0.2, -0.15) is 0 Å². The van der Waals surface area contributed by atoms with Crippen LogP contribution in [0.2, 0.25) is 0 Å². The summed E-state index contributed by atoms with van der Waals surface area (Å²) in [4.78, 5) is 26.7. The molecule has 1 aliphatic heterocycles. The van der Waals surface area contributed by atoms with E-state index in [0.717, 1.165) is 32.9 Å². The first-order valence-corrected chi connectivity index (χ1v) is 12.6. The molecule has 2 amide bonds. The molecule has 5 aromatic rings. The fraction of sp³-hybridized carbons (Fsp3) is 0.161. The van der Waals surface area contributed by atoms with E-state index in [9.17, 15) is 9.59 Å². The first-order valence-electron chi connectivity index (χ1n) is 12.6. The van der Waals surface area contributed by atoms with Crippen molar-refractivity contribution in [2.75, 3.05) is 14.2 Å². The second-order valence-corrected chi connectivity index (χ2v) is 9.65. The van der Waals surface area contributed by atoms with E-state index in [-0.39, 0.29) is 0 Å². The van der Waals surface area contributed by atoms with Gasteiger partial charge in [-0.3, -0.25) is 14.9 Å². The highest BCUT2D eigenvalue weighted by Crippen LogP contribution is 2.40. The van der Waals surface area contributed by atoms with Gasteiger partial charge in [0.2, 0.25) is 0 Å². The van der Waals surface area contributed by atoms with E-state index in [1.807, 2.05) is 78.6 Å². The van der Waals surface area contributed by atoms with Crippen molar-refractivity contribution in [1.82, 2.24) is 14.5 Å². The number of aryl methyl sites for hydroxylation is 1. The molecular formula is C31H28N4O4. The Morgan fingerprint density at radius 1 is 0.769 bits per heavy atom. The van der Waals surface area contributed by atoms with Gasteiger partial charge in [-0.1, -0.05) is 24.3 Å². The van der Waals surface area contributed by atoms with Crippen LogP contribution < -0.4 is 20.5 Å². The third kappa shape index (κ3) is 4.06. The van der Waals surface area contributed by atoms with E-state index in [4.69, 9.17) is 15.2 Å². The number of carbonyl (C=O) groups is 2. The number of rotatable bonds is 7. The van der Waals surface area contributed by atoms with Gasteiger partial charge in [0.05, 0.1) is 25.4 Å². The lowest BCUT2D eigenvalue weighted by molar-refractivity contribution is -0.122. The molecular weight excluding hydrogens is 492 g/mol. The summed E-state index contributed by atoms with van der Waals surface area (Å²) in [7, 11) is 5.13. The van der Waals surface area contributed by atoms with Crippen molar-refractivity contribution in [2.24, 2.45) is 12.8 Å². The molecule has 0 fully saturated rings. The number of nitrogens with one attached hydrogen (secondary N) is 1. The molecule has 0 bridgehead atoms. The number of benzene rings is 3. The highest BCUT2D eigenvalue weighted by atomic mass is 16.5. The molecule has 196 valence electrons. The molecule has 1 aliphatic rings. The first kappa shape index (κ1) is 24.5. The number of aromatic nitrogens is 2. The molecule has 8 nitrogen and oxygen atoms in total. The lowest BCUT2D eigenvalue weighted by Crippen LogP contribution is -2.22. The zero-order valence-electron chi connectivity index (χ0n) is 21.9. The second kappa shape index (κ2) is 9.49. The SMILES string of the molecule is COc1ccc2c(c1)c(C1=C(c3cn(Cc4cccc(CN)c4)c4ccc(OC)cc34)C(=O)NC1=O)cn2C. The smallest absolute Gasteiger partial charge is 0.259 e. The Bertz CT molecular complexity index is 1830. The Hall–Kier alpha value is -4.82. The lowest BCUT2D eigenvalue weighted by atomic mass is 9.95. The van der Waals surface area contributed by atoms with Crippen LogP contribution in [0.15, 0.2) is 73.1 Å². The van der Waals surface area contributed by atoms with E-state index in [0.29, 0.717) is 46.9 Å². The van der Waals surface area contributed by atoms with E-state index in [1.54, 1.807) is 14.2 Å². The van der Waals surface area contributed by atoms with Gasteiger partial charge in [0, 0.05) is 65.5 Å². The summed E-state index contributed by atoms with van der Waals surface area (Å²) < 4.78 is 15.0. The number of hydrogen-bond donors (Lipinski definition) is 2. The predicted molar refractivity (Wildman–Crippen MR) is 151 cm³/mol. The van der Waals surface area contributed by atoms with Crippen LogP contribution in [0.3, 0.4) is 0 Å². The van der Waals surface area contributed by atoms with Crippen LogP contribution in [0.4, 0.5) is 0 Å². The molecule has 0 unspecified atom stereocenters. The molecule has 2 aromatic heterocycles. The van der Waals surface area contributed by atoms with Crippen molar-refractivity contribution in [3.05, 3.63) is 95.3 Å². The third-order valence-electron chi connectivity index (χ3n) is 7.33. The van der Waals surface area contributed by atoms with Crippen molar-refractivity contribution in [3.63, 3.8) is 0 Å². The topological polar surface area (TPSA) is 101 Å². The van der Waals surface area contributed by atoms with Crippen molar-refractivity contribution >= 4 is 44.8 Å². The standard InChI is InChI=1S/C31H28N4O4/c1-34-16-24(22-12-20(38-2)7-9-26(22)34)28-29(31(37)33-30(28)36)25-17-35(15-19-6-4-5-18(11-19)14-32)27-10-8-21(39-3)13-23(25)27/h4-13,16-17H,14-15,32H2,1-3H3,(H,33,36,37). The second-order valence-electron chi connectivity index (χ2n) is 9.65. The molecule has 0 saturated heterocycles. The van der Waals surface area contributed by atoms with Crippen LogP contribution >= 0.6 is 0 Å². The minimum atomic E-state index is -0.429. The van der Waals surface area contributed by atoms with Crippen molar-refractivity contribution < 1.29 is 19.1 Å². The highest BCUT2D eigenvalue weighted by molar-refractivity contribution is 6.50. The summed E-state index contributed by atoms with van der Waals surface area (Å²) in [6, 6.07) is 19.6. The molecule has 3 N–H and O–H groups in total. The lowest BCUT2D eigenvalue weighted by Gasteiger charge is -2.08. The minimum absolute atomic E-state index is 0.336. The number of hydrogen-bond acceptors (Lipinski definition) is 5. The molecule has 8 heteroatoms. The number of amides is 2. The van der Waals surface area contributed by atoms with E-state index >= 15 is 0 Å². The maximum Gasteiger partial charge on any atom is 0.259 e. The number of ether oxygens (including phenoxy) is 2. The van der Waals surface area contributed by atoms with Gasteiger partial charge in [0.25, 0.3) is 11.8 Å². The van der Waals surface area contributed by atoms with Crippen LogP contribution in [0.5, 0.6) is 11.5 Å². The molecule has 0 atom stereocenters. The number of methoxy groups -OCH3 is 2. The molecule has 0 spiro atoms. The molecule has 0 radical (unpaired) electrons. The molecule has 39 heavy (non-hydrogen) atoms. The zero-order chi connectivity index (χ0) is 27.3. The number of fused-ring (bicyclic) bond motifs is 2. The van der Waals surface area contributed by atoms with Crippen LogP contribution in [0, 0.1) is 0 Å². The largest absolute Gasteiger partial charge is 0.497 e. The van der Waals surface area contributed by atoms with Crippen molar-refractivity contribution in [3.8, 4) is 11.5 Å². The average Bonchev–Trinajstić information content (AvgIpc) is 3.57. The number of imide groups is 1. The van der Waals surface area contributed by atoms with Gasteiger partial charge in [0.15, 0.2) is 0 Å². The van der Waals surface area contributed by atoms with Gasteiger partial charge in [0.1, 0.15) is 11.5 Å². The quantitative estimate of drug-likeness (QED) is 0.313. The van der Waals surface area contributed by atoms with Gasteiger partial charge in [-0.15, -0.1) is 0 Å². The monoisotopic (exact) mass is 520 g/mol. The van der Waals surface area contributed by atoms with E-state index in [2.05, 4.69) is 16.0 Å². The van der Waals surface area contributed by atoms with Crippen molar-refractivity contribution in [1.29, 1.82) is 0 Å². The van der Waals surface area contributed by atoms with Crippen LogP contribution in [0.1, 0.15) is 22.3 Å². The maximum atomic E-state index is 13.4. The number of carbonyl (C=O) groups excluding carboxylic acids is 2. The summed E-state index contributed by atoms with van der Waals surface area (Å²) in [6.07, 6.45) is 3.83. The fourth-order valence-electron chi connectivity index (χ4n) is 5.45. The molecule has 3 aromatic carbocycles. The fourth-order valence-corrected chi connectivity index (χ4v) is 5.45. The number of nitrogens with zero attached hydrogens (tertiary/aromatic N) is 2. The maximum absolute atomic E-state index is 13.4. The van der Waals surface area contributed by atoms with Crippen LogP contribution in [0.25, 0.3) is 33.0 Å². The Morgan fingerprint density at radius 2 is 1.36 bits per heavy atom. The molecule has 6 rings (SSSR count). The van der Waals surface area contributed by atoms with Crippen LogP contribution in [-0.2, 0) is 29.7 Å². The first-order chi connectivity index (χ1) is 18.9. The summed E-state index contributed by atoms with van der Waals surface area (Å²) in [5.41, 5.74) is 11.8. The van der Waals surface area contributed by atoms with Gasteiger partial charge in [-0.25, -0.2) is 0 Å². The van der Waals surface area contributed by atoms with E-state index in [1.165, 1.54) is 0 Å². The summed E-state index contributed by atoms with van der Waals surface area (Å²) in [6.45, 7) is 1.03. The van der Waals surface area contributed by atoms with Gasteiger partial charge < -0.3 is 24.3 Å². The van der Waals surface area contributed by atoms with Gasteiger partial charge >= 0.3 is 0 Å². The van der Waals surface area contributed by atoms with Crippen molar-refractivity contribution in [2.45, 2.75) is 13.1 Å². The van der Waals surface area contributed by atoms with Gasteiger partial charge in [-0.05, 0) is 47.5 Å². The average molecular weight is 521 g/mol. The molecule has 0 aliphatic carbocycles. The highest BCUT2D eigenvalue weighted by Gasteiger charge is 2.35. The molecule has 0 saturated carbocycles. The molecule has 3 heterocycles. The minimum Gasteiger partial charge on any atom is -0.497 e.